The molecule has 1 unspecified atom stereocenters. The Morgan fingerprint density at radius 1 is 1.22 bits per heavy atom. The number of benzene rings is 1. The maximum Gasteiger partial charge on any atom is 0.251 e. The Morgan fingerprint density at radius 2 is 2.00 bits per heavy atom. The van der Waals surface area contributed by atoms with E-state index in [2.05, 4.69) is 30.9 Å². The standard InChI is InChI=1S/C23H28FN7O/c1-14(2)31-15(3)26-13-20(31)21-19(24)12-27-23(30-21)29-17-8-6-16(7-9-17)22(32)28-18-5-4-10-25-11-18/h6-9,12-14,18,25H,4-5,10-11H2,1-3H3,(H,28,32)(H,27,29,30). The zero-order chi connectivity index (χ0) is 22.7. The molecule has 1 amide bonds. The molecule has 1 aliphatic rings. The second-order valence-electron chi connectivity index (χ2n) is 8.26. The third-order valence-electron chi connectivity index (χ3n) is 5.52. The number of piperidine rings is 1. The second kappa shape index (κ2) is 9.44. The number of carbonyl (C=O) groups excluding carboxylic acids is 1. The molecule has 1 aromatic carbocycles. The Bertz CT molecular complexity index is 1090. The van der Waals surface area contributed by atoms with E-state index in [4.69, 9.17) is 0 Å². The molecule has 3 heterocycles. The summed E-state index contributed by atoms with van der Waals surface area (Å²) in [6.45, 7) is 7.70. The van der Waals surface area contributed by atoms with Crippen LogP contribution >= 0.6 is 0 Å². The lowest BCUT2D eigenvalue weighted by molar-refractivity contribution is 0.0930. The molecule has 4 rings (SSSR count). The minimum absolute atomic E-state index is 0.0946. The van der Waals surface area contributed by atoms with Crippen LogP contribution in [0.2, 0.25) is 0 Å². The van der Waals surface area contributed by atoms with Gasteiger partial charge in [-0.15, -0.1) is 0 Å². The zero-order valence-electron chi connectivity index (χ0n) is 18.5. The number of aryl methyl sites for hydroxylation is 1. The predicted molar refractivity (Wildman–Crippen MR) is 121 cm³/mol. The van der Waals surface area contributed by atoms with E-state index in [0.29, 0.717) is 16.9 Å². The first kappa shape index (κ1) is 21.9. The van der Waals surface area contributed by atoms with E-state index in [-0.39, 0.29) is 29.6 Å². The predicted octanol–water partition coefficient (Wildman–Crippen LogP) is 3.59. The van der Waals surface area contributed by atoms with Crippen molar-refractivity contribution in [2.24, 2.45) is 0 Å². The first-order valence-corrected chi connectivity index (χ1v) is 10.9. The molecule has 2 aromatic heterocycles. The van der Waals surface area contributed by atoms with Gasteiger partial charge >= 0.3 is 0 Å². The molecule has 0 bridgehead atoms. The minimum Gasteiger partial charge on any atom is -0.348 e. The molecule has 0 saturated carbocycles. The molecule has 0 aliphatic carbocycles. The monoisotopic (exact) mass is 437 g/mol. The molecule has 0 radical (unpaired) electrons. The van der Waals surface area contributed by atoms with Crippen molar-refractivity contribution in [2.45, 2.75) is 45.7 Å². The molecule has 9 heteroatoms. The van der Waals surface area contributed by atoms with Crippen molar-refractivity contribution >= 4 is 17.5 Å². The normalized spacial score (nSPS) is 16.2. The van der Waals surface area contributed by atoms with Crippen LogP contribution in [0.25, 0.3) is 11.4 Å². The third-order valence-corrected chi connectivity index (χ3v) is 5.52. The van der Waals surface area contributed by atoms with Gasteiger partial charge < -0.3 is 20.5 Å². The van der Waals surface area contributed by atoms with E-state index in [0.717, 1.165) is 38.0 Å². The average Bonchev–Trinajstić information content (AvgIpc) is 3.17. The first-order valence-electron chi connectivity index (χ1n) is 10.9. The fraction of sp³-hybridized carbons (Fsp3) is 0.391. The number of nitrogens with zero attached hydrogens (tertiary/aromatic N) is 4. The van der Waals surface area contributed by atoms with E-state index in [1.165, 1.54) is 0 Å². The van der Waals surface area contributed by atoms with Crippen molar-refractivity contribution < 1.29 is 9.18 Å². The van der Waals surface area contributed by atoms with Gasteiger partial charge in [-0.1, -0.05) is 0 Å². The second-order valence-corrected chi connectivity index (χ2v) is 8.26. The molecule has 0 spiro atoms. The summed E-state index contributed by atoms with van der Waals surface area (Å²) in [6.07, 6.45) is 4.82. The van der Waals surface area contributed by atoms with E-state index < -0.39 is 5.82 Å². The maximum atomic E-state index is 14.5. The molecule has 1 saturated heterocycles. The van der Waals surface area contributed by atoms with Gasteiger partial charge in [-0.2, -0.15) is 0 Å². The fourth-order valence-corrected chi connectivity index (χ4v) is 3.97. The van der Waals surface area contributed by atoms with Crippen LogP contribution in [-0.2, 0) is 0 Å². The van der Waals surface area contributed by atoms with Crippen LogP contribution in [0, 0.1) is 12.7 Å². The summed E-state index contributed by atoms with van der Waals surface area (Å²) < 4.78 is 16.5. The Morgan fingerprint density at radius 3 is 2.69 bits per heavy atom. The van der Waals surface area contributed by atoms with Gasteiger partial charge in [-0.05, 0) is 64.4 Å². The number of aromatic nitrogens is 4. The molecule has 32 heavy (non-hydrogen) atoms. The Balaban J connectivity index is 1.49. The highest BCUT2D eigenvalue weighted by Crippen LogP contribution is 2.26. The van der Waals surface area contributed by atoms with E-state index in [9.17, 15) is 9.18 Å². The van der Waals surface area contributed by atoms with Crippen LogP contribution in [0.4, 0.5) is 16.0 Å². The molecular formula is C23H28FN7O. The summed E-state index contributed by atoms with van der Waals surface area (Å²) in [7, 11) is 0. The number of rotatable bonds is 6. The smallest absolute Gasteiger partial charge is 0.251 e. The van der Waals surface area contributed by atoms with Crippen molar-refractivity contribution in [3.05, 3.63) is 53.9 Å². The van der Waals surface area contributed by atoms with Crippen LogP contribution in [0.1, 0.15) is 48.9 Å². The van der Waals surface area contributed by atoms with Gasteiger partial charge in [-0.25, -0.2) is 19.3 Å². The third kappa shape index (κ3) is 4.77. The lowest BCUT2D eigenvalue weighted by Crippen LogP contribution is -2.45. The Kier molecular flexibility index (Phi) is 6.45. The Hall–Kier alpha value is -3.33. The molecule has 3 aromatic rings. The van der Waals surface area contributed by atoms with Crippen LogP contribution in [-0.4, -0.2) is 44.6 Å². The van der Waals surface area contributed by atoms with Gasteiger partial charge in [0, 0.05) is 29.9 Å². The molecule has 3 N–H and O–H groups in total. The van der Waals surface area contributed by atoms with Crippen molar-refractivity contribution in [3.63, 3.8) is 0 Å². The van der Waals surface area contributed by atoms with Crippen molar-refractivity contribution in [1.29, 1.82) is 0 Å². The molecule has 168 valence electrons. The number of halogens is 1. The van der Waals surface area contributed by atoms with Crippen molar-refractivity contribution in [1.82, 2.24) is 30.2 Å². The summed E-state index contributed by atoms with van der Waals surface area (Å²) in [4.78, 5) is 25.2. The van der Waals surface area contributed by atoms with Crippen LogP contribution in [0.3, 0.4) is 0 Å². The number of carbonyl (C=O) groups is 1. The zero-order valence-corrected chi connectivity index (χ0v) is 18.5. The van der Waals surface area contributed by atoms with Gasteiger partial charge in [0.15, 0.2) is 5.82 Å². The molecule has 1 atom stereocenters. The van der Waals surface area contributed by atoms with Crippen molar-refractivity contribution in [2.75, 3.05) is 18.4 Å². The fourth-order valence-electron chi connectivity index (χ4n) is 3.97. The van der Waals surface area contributed by atoms with Gasteiger partial charge in [0.05, 0.1) is 18.1 Å². The number of hydrogen-bond donors (Lipinski definition) is 3. The maximum absolute atomic E-state index is 14.5. The van der Waals surface area contributed by atoms with Crippen LogP contribution in [0.5, 0.6) is 0 Å². The van der Waals surface area contributed by atoms with E-state index >= 15 is 0 Å². The summed E-state index contributed by atoms with van der Waals surface area (Å²) in [6, 6.07) is 7.32. The number of nitrogens with one attached hydrogen (secondary N) is 3. The number of anilines is 2. The summed E-state index contributed by atoms with van der Waals surface area (Å²) in [5.74, 6) is 0.450. The van der Waals surface area contributed by atoms with Crippen LogP contribution in [0.15, 0.2) is 36.7 Å². The van der Waals surface area contributed by atoms with Gasteiger partial charge in [0.2, 0.25) is 5.95 Å². The van der Waals surface area contributed by atoms with E-state index in [1.807, 2.05) is 25.3 Å². The minimum atomic E-state index is -0.512. The van der Waals surface area contributed by atoms with Gasteiger partial charge in [-0.3, -0.25) is 4.79 Å². The lowest BCUT2D eigenvalue weighted by atomic mass is 10.1. The molecule has 8 nitrogen and oxygen atoms in total. The molecular weight excluding hydrogens is 409 g/mol. The largest absolute Gasteiger partial charge is 0.348 e. The summed E-state index contributed by atoms with van der Waals surface area (Å²) in [5, 5.41) is 9.43. The number of amides is 1. The van der Waals surface area contributed by atoms with Gasteiger partial charge in [0.1, 0.15) is 11.5 Å². The Labute approximate surface area is 186 Å². The quantitative estimate of drug-likeness (QED) is 0.545. The van der Waals surface area contributed by atoms with E-state index in [1.54, 1.807) is 30.5 Å². The number of hydrogen-bond acceptors (Lipinski definition) is 6. The van der Waals surface area contributed by atoms with Crippen molar-refractivity contribution in [3.8, 4) is 11.4 Å². The van der Waals surface area contributed by atoms with Crippen LogP contribution < -0.4 is 16.0 Å². The summed E-state index contributed by atoms with van der Waals surface area (Å²) in [5.41, 5.74) is 2.07. The molecule has 1 aliphatic heterocycles. The average molecular weight is 438 g/mol. The highest BCUT2D eigenvalue weighted by Gasteiger charge is 2.18. The number of imidazole rings is 1. The first-order chi connectivity index (χ1) is 15.4. The highest BCUT2D eigenvalue weighted by molar-refractivity contribution is 5.94. The summed E-state index contributed by atoms with van der Waals surface area (Å²) >= 11 is 0. The topological polar surface area (TPSA) is 96.8 Å². The SMILES string of the molecule is Cc1ncc(-c2nc(Nc3ccc(C(=O)NC4CCCNC4)cc3)ncc2F)n1C(C)C. The lowest BCUT2D eigenvalue weighted by Gasteiger charge is -2.23. The van der Waals surface area contributed by atoms with Gasteiger partial charge in [0.25, 0.3) is 5.91 Å². The molecule has 1 fully saturated rings. The highest BCUT2D eigenvalue weighted by atomic mass is 19.1.